The highest BCUT2D eigenvalue weighted by molar-refractivity contribution is 7.89. The molecule has 14 heavy (non-hydrogen) atoms. The summed E-state index contributed by atoms with van der Waals surface area (Å²) in [6.45, 7) is 5.23. The zero-order chi connectivity index (χ0) is 11.0. The van der Waals surface area contributed by atoms with Crippen molar-refractivity contribution in [3.05, 3.63) is 0 Å². The highest BCUT2D eigenvalue weighted by Gasteiger charge is 2.07. The monoisotopic (exact) mass is 222 g/mol. The van der Waals surface area contributed by atoms with Gasteiger partial charge in [-0.1, -0.05) is 13.8 Å². The van der Waals surface area contributed by atoms with E-state index in [-0.39, 0.29) is 5.75 Å². The Morgan fingerprint density at radius 1 is 1.29 bits per heavy atom. The largest absolute Gasteiger partial charge is 0.330 e. The number of hydrogen-bond acceptors (Lipinski definition) is 3. The van der Waals surface area contributed by atoms with Crippen molar-refractivity contribution >= 4 is 10.0 Å². The first kappa shape index (κ1) is 13.9. The van der Waals surface area contributed by atoms with Crippen LogP contribution in [0.1, 0.15) is 33.1 Å². The quantitative estimate of drug-likeness (QED) is 0.594. The Kier molecular flexibility index (Phi) is 7.13. The summed E-state index contributed by atoms with van der Waals surface area (Å²) in [6, 6.07) is 0. The van der Waals surface area contributed by atoms with Gasteiger partial charge < -0.3 is 5.73 Å². The number of sulfonamides is 1. The fourth-order valence-electron chi connectivity index (χ4n) is 1.08. The lowest BCUT2D eigenvalue weighted by molar-refractivity contribution is 0.539. The van der Waals surface area contributed by atoms with Crippen LogP contribution in [0.25, 0.3) is 0 Å². The van der Waals surface area contributed by atoms with E-state index in [9.17, 15) is 8.42 Å². The second-order valence-electron chi connectivity index (χ2n) is 3.89. The molecule has 0 fully saturated rings. The Bertz CT molecular complexity index is 225. The van der Waals surface area contributed by atoms with Crippen LogP contribution in [0.5, 0.6) is 0 Å². The highest BCUT2D eigenvalue weighted by atomic mass is 32.2. The predicted molar refractivity (Wildman–Crippen MR) is 59.5 cm³/mol. The van der Waals surface area contributed by atoms with Gasteiger partial charge in [0.15, 0.2) is 0 Å². The lowest BCUT2D eigenvalue weighted by Crippen LogP contribution is -2.28. The van der Waals surface area contributed by atoms with E-state index in [0.717, 1.165) is 12.8 Å². The van der Waals surface area contributed by atoms with E-state index >= 15 is 0 Å². The van der Waals surface area contributed by atoms with Gasteiger partial charge in [0, 0.05) is 6.54 Å². The van der Waals surface area contributed by atoms with Gasteiger partial charge in [-0.15, -0.1) is 0 Å². The first-order chi connectivity index (χ1) is 6.48. The lowest BCUT2D eigenvalue weighted by atomic mass is 10.1. The standard InChI is InChI=1S/C9H22N2O2S/c1-9(2)5-3-7-11-14(12,13)8-4-6-10/h9,11H,3-8,10H2,1-2H3. The Hall–Kier alpha value is -0.130. The van der Waals surface area contributed by atoms with Gasteiger partial charge in [0.05, 0.1) is 5.75 Å². The third-order valence-corrected chi connectivity index (χ3v) is 3.37. The Labute approximate surface area is 87.3 Å². The number of rotatable bonds is 8. The molecule has 0 radical (unpaired) electrons. The summed E-state index contributed by atoms with van der Waals surface area (Å²) < 4.78 is 25.1. The summed E-state index contributed by atoms with van der Waals surface area (Å²) in [5.41, 5.74) is 5.24. The highest BCUT2D eigenvalue weighted by Crippen LogP contribution is 2.02. The molecule has 0 saturated carbocycles. The van der Waals surface area contributed by atoms with Gasteiger partial charge in [-0.2, -0.15) is 0 Å². The van der Waals surface area contributed by atoms with Crippen LogP contribution in [-0.4, -0.2) is 27.3 Å². The molecule has 5 heteroatoms. The van der Waals surface area contributed by atoms with Crippen molar-refractivity contribution in [2.24, 2.45) is 11.7 Å². The summed E-state index contributed by atoms with van der Waals surface area (Å²) >= 11 is 0. The molecule has 0 amide bonds. The van der Waals surface area contributed by atoms with E-state index in [1.54, 1.807) is 0 Å². The van der Waals surface area contributed by atoms with Crippen LogP contribution in [0.4, 0.5) is 0 Å². The molecule has 3 N–H and O–H groups in total. The second kappa shape index (κ2) is 7.20. The molecule has 0 atom stereocenters. The normalized spacial score (nSPS) is 12.3. The van der Waals surface area contributed by atoms with Crippen molar-refractivity contribution in [3.8, 4) is 0 Å². The Morgan fingerprint density at radius 2 is 1.93 bits per heavy atom. The molecule has 0 unspecified atom stereocenters. The van der Waals surface area contributed by atoms with E-state index in [0.29, 0.717) is 25.4 Å². The van der Waals surface area contributed by atoms with Gasteiger partial charge in [-0.05, 0) is 31.7 Å². The second-order valence-corrected chi connectivity index (χ2v) is 5.82. The summed E-state index contributed by atoms with van der Waals surface area (Å²) in [7, 11) is -3.07. The van der Waals surface area contributed by atoms with Crippen LogP contribution in [0, 0.1) is 5.92 Å². The third kappa shape index (κ3) is 8.47. The first-order valence-electron chi connectivity index (χ1n) is 5.15. The minimum absolute atomic E-state index is 0.144. The number of nitrogens with one attached hydrogen (secondary N) is 1. The zero-order valence-electron chi connectivity index (χ0n) is 9.12. The van der Waals surface area contributed by atoms with Crippen LogP contribution in [0.2, 0.25) is 0 Å². The molecule has 0 bridgehead atoms. The molecule has 86 valence electrons. The molecule has 4 nitrogen and oxygen atoms in total. The molecule has 0 aromatic carbocycles. The van der Waals surface area contributed by atoms with Gasteiger partial charge in [0.1, 0.15) is 0 Å². The topological polar surface area (TPSA) is 72.2 Å². The summed E-state index contributed by atoms with van der Waals surface area (Å²) in [6.07, 6.45) is 2.48. The average molecular weight is 222 g/mol. The molecule has 0 aromatic rings. The fourth-order valence-corrected chi connectivity index (χ4v) is 2.23. The van der Waals surface area contributed by atoms with E-state index in [2.05, 4.69) is 18.6 Å². The van der Waals surface area contributed by atoms with Crippen molar-refractivity contribution in [2.45, 2.75) is 33.1 Å². The molecule has 0 aliphatic carbocycles. The minimum atomic E-state index is -3.07. The summed E-state index contributed by atoms with van der Waals surface area (Å²) in [5, 5.41) is 0. The average Bonchev–Trinajstić information content (AvgIpc) is 2.09. The molecule has 0 heterocycles. The number of nitrogens with two attached hydrogens (primary N) is 1. The van der Waals surface area contributed by atoms with Crippen LogP contribution < -0.4 is 10.5 Å². The van der Waals surface area contributed by atoms with E-state index in [1.807, 2.05) is 0 Å². The van der Waals surface area contributed by atoms with Gasteiger partial charge in [0.2, 0.25) is 10.0 Å². The zero-order valence-corrected chi connectivity index (χ0v) is 9.94. The first-order valence-corrected chi connectivity index (χ1v) is 6.80. The number of hydrogen-bond donors (Lipinski definition) is 2. The molecule has 0 rings (SSSR count). The van der Waals surface area contributed by atoms with E-state index in [1.165, 1.54) is 0 Å². The third-order valence-electron chi connectivity index (χ3n) is 1.90. The lowest BCUT2D eigenvalue weighted by Gasteiger charge is -2.07. The Morgan fingerprint density at radius 3 is 2.43 bits per heavy atom. The maximum absolute atomic E-state index is 11.3. The predicted octanol–water partition coefficient (Wildman–Crippen LogP) is 0.691. The maximum atomic E-state index is 11.3. The smallest absolute Gasteiger partial charge is 0.211 e. The molecular formula is C9H22N2O2S. The van der Waals surface area contributed by atoms with Crippen molar-refractivity contribution in [1.82, 2.24) is 4.72 Å². The SMILES string of the molecule is CC(C)CCCNS(=O)(=O)CCCN. The van der Waals surface area contributed by atoms with Gasteiger partial charge in [-0.25, -0.2) is 13.1 Å². The summed E-state index contributed by atoms with van der Waals surface area (Å²) in [5.74, 6) is 0.772. The minimum Gasteiger partial charge on any atom is -0.330 e. The Balaban J connectivity index is 3.56. The molecular weight excluding hydrogens is 200 g/mol. The van der Waals surface area contributed by atoms with E-state index < -0.39 is 10.0 Å². The molecule has 0 spiro atoms. The van der Waals surface area contributed by atoms with Crippen LogP contribution in [-0.2, 0) is 10.0 Å². The molecule has 0 aliphatic heterocycles. The van der Waals surface area contributed by atoms with Crippen molar-refractivity contribution in [2.75, 3.05) is 18.8 Å². The van der Waals surface area contributed by atoms with Crippen molar-refractivity contribution in [3.63, 3.8) is 0 Å². The van der Waals surface area contributed by atoms with Gasteiger partial charge >= 0.3 is 0 Å². The van der Waals surface area contributed by atoms with E-state index in [4.69, 9.17) is 5.73 Å². The summed E-state index contributed by atoms with van der Waals surface area (Å²) in [4.78, 5) is 0. The van der Waals surface area contributed by atoms with Crippen LogP contribution in [0.15, 0.2) is 0 Å². The van der Waals surface area contributed by atoms with Gasteiger partial charge in [0.25, 0.3) is 0 Å². The maximum Gasteiger partial charge on any atom is 0.211 e. The molecule has 0 saturated heterocycles. The van der Waals surface area contributed by atoms with Crippen LogP contribution in [0.3, 0.4) is 0 Å². The van der Waals surface area contributed by atoms with Crippen molar-refractivity contribution in [1.29, 1.82) is 0 Å². The van der Waals surface area contributed by atoms with Crippen molar-refractivity contribution < 1.29 is 8.42 Å². The van der Waals surface area contributed by atoms with Crippen LogP contribution >= 0.6 is 0 Å². The molecule has 0 aromatic heterocycles. The fraction of sp³-hybridized carbons (Fsp3) is 1.00. The van der Waals surface area contributed by atoms with Gasteiger partial charge in [-0.3, -0.25) is 0 Å². The molecule has 0 aliphatic rings.